The van der Waals surface area contributed by atoms with Gasteiger partial charge in [0.25, 0.3) is 0 Å². The van der Waals surface area contributed by atoms with Crippen LogP contribution in [0, 0.1) is 5.41 Å². The molecule has 0 radical (unpaired) electrons. The van der Waals surface area contributed by atoms with Crippen LogP contribution in [-0.2, 0) is 10.0 Å². The van der Waals surface area contributed by atoms with Gasteiger partial charge < -0.3 is 9.64 Å². The third-order valence-corrected chi connectivity index (χ3v) is 8.58. The van der Waals surface area contributed by atoms with Gasteiger partial charge in [0, 0.05) is 41.6 Å². The van der Waals surface area contributed by atoms with Crippen LogP contribution in [0.4, 0.5) is 10.1 Å². The molecule has 0 N–H and O–H groups in total. The van der Waals surface area contributed by atoms with Crippen LogP contribution in [0.1, 0.15) is 26.2 Å². The highest BCUT2D eigenvalue weighted by molar-refractivity contribution is 7.89. The first-order chi connectivity index (χ1) is 16.1. The van der Waals surface area contributed by atoms with Gasteiger partial charge in [0.2, 0.25) is 15.8 Å². The van der Waals surface area contributed by atoms with E-state index in [4.69, 9.17) is 27.9 Å². The van der Waals surface area contributed by atoms with Crippen LogP contribution in [0.5, 0.6) is 5.75 Å². The predicted molar refractivity (Wildman–Crippen MR) is 131 cm³/mol. The van der Waals surface area contributed by atoms with E-state index in [1.54, 1.807) is 24.4 Å². The van der Waals surface area contributed by atoms with Gasteiger partial charge in [-0.25, -0.2) is 8.42 Å². The Morgan fingerprint density at radius 1 is 1.12 bits per heavy atom. The zero-order valence-electron chi connectivity index (χ0n) is 18.8. The van der Waals surface area contributed by atoms with Crippen LogP contribution >= 0.6 is 23.2 Å². The summed E-state index contributed by atoms with van der Waals surface area (Å²) in [7, 11) is -3.51. The van der Waals surface area contributed by atoms with Crippen molar-refractivity contribution in [1.82, 2.24) is 14.1 Å². The van der Waals surface area contributed by atoms with Crippen LogP contribution in [0.15, 0.2) is 29.2 Å². The van der Waals surface area contributed by atoms with Gasteiger partial charge in [-0.05, 0) is 37.5 Å². The lowest BCUT2D eigenvalue weighted by atomic mass is 10.2. The van der Waals surface area contributed by atoms with Crippen molar-refractivity contribution < 1.29 is 17.5 Å². The Balaban J connectivity index is 1.62. The van der Waals surface area contributed by atoms with Crippen LogP contribution in [0.3, 0.4) is 0 Å². The molecule has 2 aliphatic rings. The van der Waals surface area contributed by atoms with Crippen molar-refractivity contribution in [3.63, 3.8) is 0 Å². The minimum atomic E-state index is -3.51. The molecular weight excluding hydrogens is 506 g/mol. The Kier molecular flexibility index (Phi) is 7.42. The van der Waals surface area contributed by atoms with Crippen molar-refractivity contribution in [3.8, 4) is 11.4 Å². The molecule has 1 aliphatic heterocycles. The van der Waals surface area contributed by atoms with Gasteiger partial charge in [-0.2, -0.15) is 14.1 Å². The number of anilines is 1. The summed E-state index contributed by atoms with van der Waals surface area (Å²) >= 11 is 12.2. The average Bonchev–Trinajstić information content (AvgIpc) is 3.53. The maximum atomic E-state index is 13.5. The molecule has 0 amide bonds. The molecule has 1 saturated heterocycles. The summed E-state index contributed by atoms with van der Waals surface area (Å²) in [4.78, 5) is 15.4. The minimum absolute atomic E-state index is 0.0189. The first-order valence-electron chi connectivity index (χ1n) is 11.1. The largest absolute Gasteiger partial charge is 0.486 e. The number of halogens is 3. The molecule has 4 rings (SSSR count). The molecule has 1 aliphatic carbocycles. The van der Waals surface area contributed by atoms with Crippen LogP contribution in [-0.4, -0.2) is 67.7 Å². The number of piperazine rings is 1. The number of benzene rings is 1. The van der Waals surface area contributed by atoms with Gasteiger partial charge in [0.1, 0.15) is 5.69 Å². The number of sulfonamides is 1. The van der Waals surface area contributed by atoms with Gasteiger partial charge >= 0.3 is 5.56 Å². The van der Waals surface area contributed by atoms with E-state index < -0.39 is 22.3 Å². The lowest BCUT2D eigenvalue weighted by Crippen LogP contribution is -2.49. The number of nitrogens with zero attached hydrogens (tertiary/aromatic N) is 4. The zero-order valence-corrected chi connectivity index (χ0v) is 21.2. The second-order valence-electron chi connectivity index (χ2n) is 9.05. The lowest BCUT2D eigenvalue weighted by Gasteiger charge is -2.35. The summed E-state index contributed by atoms with van der Waals surface area (Å²) in [5.74, 6) is -0.0519. The molecule has 2 heterocycles. The van der Waals surface area contributed by atoms with Crippen molar-refractivity contribution >= 4 is 38.9 Å². The molecule has 1 aromatic heterocycles. The van der Waals surface area contributed by atoms with Crippen molar-refractivity contribution in [2.24, 2.45) is 5.41 Å². The molecule has 34 heavy (non-hydrogen) atoms. The molecule has 2 aromatic rings. The Labute approximate surface area is 208 Å². The number of rotatable bonds is 9. The van der Waals surface area contributed by atoms with Crippen LogP contribution in [0.25, 0.3) is 5.69 Å². The van der Waals surface area contributed by atoms with Gasteiger partial charge in [-0.1, -0.05) is 30.1 Å². The SMILES string of the molecule is CC1(COc2c(N3CCN(S(=O)(=O)CCCF)CC3)cnn(-c3cc(Cl)cc(Cl)c3)c2=O)CC1. The quantitative estimate of drug-likeness (QED) is 0.491. The highest BCUT2D eigenvalue weighted by Crippen LogP contribution is 2.45. The highest BCUT2D eigenvalue weighted by Gasteiger charge is 2.39. The van der Waals surface area contributed by atoms with Crippen molar-refractivity contribution in [1.29, 1.82) is 0 Å². The molecule has 8 nitrogen and oxygen atoms in total. The number of hydrogen-bond donors (Lipinski definition) is 0. The molecule has 186 valence electrons. The third kappa shape index (κ3) is 5.67. The van der Waals surface area contributed by atoms with E-state index in [9.17, 15) is 17.6 Å². The number of ether oxygens (including phenoxy) is 1. The standard InChI is InChI=1S/C22H27Cl2FN4O4S/c1-22(3-4-22)15-33-20-19(27-6-8-28(9-7-27)34(31,32)10-2-5-25)14-26-29(21(20)30)18-12-16(23)11-17(24)13-18/h11-14H,2-10,15H2,1H3. The van der Waals surface area contributed by atoms with Gasteiger partial charge in [0.05, 0.1) is 30.9 Å². The fourth-order valence-electron chi connectivity index (χ4n) is 3.81. The smallest absolute Gasteiger partial charge is 0.316 e. The van der Waals surface area contributed by atoms with Crippen LogP contribution in [0.2, 0.25) is 10.0 Å². The molecule has 1 saturated carbocycles. The van der Waals surface area contributed by atoms with E-state index >= 15 is 0 Å². The minimum Gasteiger partial charge on any atom is -0.486 e. The Morgan fingerprint density at radius 2 is 1.76 bits per heavy atom. The average molecular weight is 533 g/mol. The summed E-state index contributed by atoms with van der Waals surface area (Å²) in [5, 5.41) is 5.07. The highest BCUT2D eigenvalue weighted by atomic mass is 35.5. The molecule has 0 spiro atoms. The van der Waals surface area contributed by atoms with E-state index in [1.807, 2.05) is 4.90 Å². The molecule has 0 atom stereocenters. The number of hydrogen-bond acceptors (Lipinski definition) is 6. The molecular formula is C22H27Cl2FN4O4S. The second kappa shape index (κ2) is 10.0. The fraction of sp³-hybridized carbons (Fsp3) is 0.545. The summed E-state index contributed by atoms with van der Waals surface area (Å²) in [6, 6.07) is 4.75. The monoisotopic (exact) mass is 532 g/mol. The topological polar surface area (TPSA) is 84.7 Å². The van der Waals surface area contributed by atoms with E-state index in [-0.39, 0.29) is 36.4 Å². The van der Waals surface area contributed by atoms with Gasteiger partial charge in [0.15, 0.2) is 0 Å². The van der Waals surface area contributed by atoms with E-state index in [0.717, 1.165) is 12.8 Å². The molecule has 2 fully saturated rings. The van der Waals surface area contributed by atoms with Crippen LogP contribution < -0.4 is 15.2 Å². The summed E-state index contributed by atoms with van der Waals surface area (Å²) in [6.45, 7) is 3.01. The Hall–Kier alpha value is -1.88. The van der Waals surface area contributed by atoms with Crippen molar-refractivity contribution in [2.75, 3.05) is 50.1 Å². The van der Waals surface area contributed by atoms with Gasteiger partial charge in [-0.15, -0.1) is 0 Å². The predicted octanol–water partition coefficient (Wildman–Crippen LogP) is 3.53. The Bertz CT molecular complexity index is 1190. The molecule has 12 heteroatoms. The number of alkyl halides is 1. The van der Waals surface area contributed by atoms with Crippen molar-refractivity contribution in [2.45, 2.75) is 26.2 Å². The van der Waals surface area contributed by atoms with Crippen molar-refractivity contribution in [3.05, 3.63) is 44.8 Å². The van der Waals surface area contributed by atoms with E-state index in [0.29, 0.717) is 41.1 Å². The van der Waals surface area contributed by atoms with Gasteiger partial charge in [-0.3, -0.25) is 9.18 Å². The maximum Gasteiger partial charge on any atom is 0.316 e. The third-order valence-electron chi connectivity index (χ3n) is 6.18. The summed E-state index contributed by atoms with van der Waals surface area (Å²) in [5.41, 5.74) is 0.526. The molecule has 1 aromatic carbocycles. The fourth-order valence-corrected chi connectivity index (χ4v) is 5.78. The first-order valence-corrected chi connectivity index (χ1v) is 13.5. The molecule has 0 unspecified atom stereocenters. The first kappa shape index (κ1) is 25.2. The summed E-state index contributed by atoms with van der Waals surface area (Å²) in [6.07, 6.45) is 3.59. The Morgan fingerprint density at radius 3 is 2.35 bits per heavy atom. The summed E-state index contributed by atoms with van der Waals surface area (Å²) < 4.78 is 45.9. The van der Waals surface area contributed by atoms with E-state index in [2.05, 4.69) is 12.0 Å². The zero-order chi connectivity index (χ0) is 24.5. The normalized spacial score (nSPS) is 18.2. The lowest BCUT2D eigenvalue weighted by molar-refractivity contribution is 0.242. The number of aromatic nitrogens is 2. The molecule has 0 bridgehead atoms. The second-order valence-corrected chi connectivity index (χ2v) is 12.0. The maximum absolute atomic E-state index is 13.5. The van der Waals surface area contributed by atoms with E-state index in [1.165, 1.54) is 8.99 Å².